The number of nitrogens with one attached hydrogen (secondary N) is 3. The number of rotatable bonds is 6. The Bertz CT molecular complexity index is 1090. The van der Waals surface area contributed by atoms with Crippen molar-refractivity contribution in [3.63, 3.8) is 0 Å². The molecule has 7 nitrogen and oxygen atoms in total. The third-order valence-corrected chi connectivity index (χ3v) is 4.55. The van der Waals surface area contributed by atoms with E-state index in [9.17, 15) is 14.4 Å². The molecule has 1 heterocycles. The number of amides is 1. The highest BCUT2D eigenvalue weighted by Crippen LogP contribution is 2.26. The summed E-state index contributed by atoms with van der Waals surface area (Å²) in [7, 11) is 0. The predicted molar refractivity (Wildman–Crippen MR) is 114 cm³/mol. The van der Waals surface area contributed by atoms with Crippen LogP contribution in [0.5, 0.6) is 0 Å². The van der Waals surface area contributed by atoms with Gasteiger partial charge in [-0.1, -0.05) is 38.5 Å². The summed E-state index contributed by atoms with van der Waals surface area (Å²) in [5.74, 6) is -0.262. The average molecular weight is 392 g/mol. The molecule has 0 aliphatic carbocycles. The van der Waals surface area contributed by atoms with Crippen molar-refractivity contribution in [2.24, 2.45) is 5.41 Å². The zero-order valence-electron chi connectivity index (χ0n) is 16.9. The molecule has 0 aliphatic rings. The van der Waals surface area contributed by atoms with Crippen LogP contribution in [0.25, 0.3) is 0 Å². The third kappa shape index (κ3) is 4.51. The standard InChI is InChI=1S/C22H24N4O3/c1-13-7-5-8-14(11-13)20(29)26-21(22(2,3)4)25-17-16(18(27)19(17)28)24-15-9-6-10-23-12-15/h5-12,21,24-25H,1-4H3,(H,26,29). The minimum Gasteiger partial charge on any atom is -0.360 e. The van der Waals surface area contributed by atoms with Crippen LogP contribution in [0.1, 0.15) is 36.7 Å². The first-order valence-corrected chi connectivity index (χ1v) is 9.31. The van der Waals surface area contributed by atoms with Gasteiger partial charge in [0, 0.05) is 17.2 Å². The minimum atomic E-state index is -0.615. The van der Waals surface area contributed by atoms with Gasteiger partial charge >= 0.3 is 0 Å². The Morgan fingerprint density at radius 3 is 2.38 bits per heavy atom. The number of benzene rings is 1. The van der Waals surface area contributed by atoms with Crippen LogP contribution in [0.4, 0.5) is 17.1 Å². The Labute approximate surface area is 168 Å². The molecule has 0 saturated heterocycles. The molecule has 1 aromatic heterocycles. The maximum absolute atomic E-state index is 12.7. The largest absolute Gasteiger partial charge is 0.360 e. The summed E-state index contributed by atoms with van der Waals surface area (Å²) >= 11 is 0. The molecular formula is C22H24N4O3. The van der Waals surface area contributed by atoms with E-state index in [1.165, 1.54) is 0 Å². The SMILES string of the molecule is Cc1cccc(C(=O)NC(Nc2c(Nc3cccnc3)c(=O)c2=O)C(C)(C)C)c1. The Morgan fingerprint density at radius 2 is 1.76 bits per heavy atom. The van der Waals surface area contributed by atoms with Gasteiger partial charge in [0.05, 0.1) is 11.9 Å². The maximum atomic E-state index is 12.7. The molecule has 0 radical (unpaired) electrons. The summed E-state index contributed by atoms with van der Waals surface area (Å²) in [6.45, 7) is 7.71. The summed E-state index contributed by atoms with van der Waals surface area (Å²) in [4.78, 5) is 41.0. The second-order valence-electron chi connectivity index (χ2n) is 8.06. The number of carbonyl (C=O) groups excluding carboxylic acids is 1. The summed E-state index contributed by atoms with van der Waals surface area (Å²) in [6.07, 6.45) is 2.60. The topological polar surface area (TPSA) is 100 Å². The first kappa shape index (κ1) is 20.3. The van der Waals surface area contributed by atoms with E-state index in [1.807, 2.05) is 39.8 Å². The van der Waals surface area contributed by atoms with Gasteiger partial charge in [-0.15, -0.1) is 0 Å². The van der Waals surface area contributed by atoms with Gasteiger partial charge in [-0.2, -0.15) is 0 Å². The molecule has 2 aromatic carbocycles. The smallest absolute Gasteiger partial charge is 0.253 e. The molecule has 3 rings (SSSR count). The minimum absolute atomic E-state index is 0.156. The van der Waals surface area contributed by atoms with E-state index in [2.05, 4.69) is 20.9 Å². The van der Waals surface area contributed by atoms with Crippen LogP contribution in [-0.2, 0) is 0 Å². The van der Waals surface area contributed by atoms with Crippen LogP contribution >= 0.6 is 0 Å². The highest BCUT2D eigenvalue weighted by molar-refractivity contribution is 5.95. The van der Waals surface area contributed by atoms with Crippen LogP contribution in [0.2, 0.25) is 0 Å². The fourth-order valence-corrected chi connectivity index (χ4v) is 2.84. The Morgan fingerprint density at radius 1 is 1.03 bits per heavy atom. The van der Waals surface area contributed by atoms with E-state index in [0.717, 1.165) is 5.56 Å². The normalized spacial score (nSPS) is 12.4. The van der Waals surface area contributed by atoms with Crippen molar-refractivity contribution in [3.05, 3.63) is 80.4 Å². The lowest BCUT2D eigenvalue weighted by atomic mass is 9.91. The Hall–Kier alpha value is -3.48. The molecule has 150 valence electrons. The zero-order chi connectivity index (χ0) is 21.2. The molecule has 29 heavy (non-hydrogen) atoms. The molecule has 3 N–H and O–H groups in total. The van der Waals surface area contributed by atoms with Gasteiger partial charge in [-0.3, -0.25) is 19.4 Å². The van der Waals surface area contributed by atoms with Crippen LogP contribution < -0.4 is 26.8 Å². The highest BCUT2D eigenvalue weighted by atomic mass is 16.2. The predicted octanol–water partition coefficient (Wildman–Crippen LogP) is 2.94. The molecular weight excluding hydrogens is 368 g/mol. The fraction of sp³-hybridized carbons (Fsp3) is 0.273. The molecule has 1 atom stereocenters. The zero-order valence-corrected chi connectivity index (χ0v) is 16.9. The van der Waals surface area contributed by atoms with Crippen molar-refractivity contribution in [2.75, 3.05) is 10.6 Å². The van der Waals surface area contributed by atoms with Crippen LogP contribution in [0.3, 0.4) is 0 Å². The number of anilines is 3. The molecule has 3 aromatic rings. The monoisotopic (exact) mass is 392 g/mol. The van der Waals surface area contributed by atoms with Gasteiger partial charge in [-0.05, 0) is 31.2 Å². The van der Waals surface area contributed by atoms with E-state index in [1.54, 1.807) is 36.7 Å². The first-order chi connectivity index (χ1) is 13.7. The molecule has 1 unspecified atom stereocenters. The van der Waals surface area contributed by atoms with E-state index >= 15 is 0 Å². The molecule has 1 amide bonds. The number of aryl methyl sites for hydroxylation is 1. The summed E-state index contributed by atoms with van der Waals surface area (Å²) in [5.41, 5.74) is 0.779. The lowest BCUT2D eigenvalue weighted by Gasteiger charge is -2.33. The quantitative estimate of drug-likeness (QED) is 0.441. The number of hydrogen-bond donors (Lipinski definition) is 3. The fourth-order valence-electron chi connectivity index (χ4n) is 2.84. The number of nitrogens with zero attached hydrogens (tertiary/aromatic N) is 1. The molecule has 0 spiro atoms. The van der Waals surface area contributed by atoms with Gasteiger partial charge in [0.1, 0.15) is 17.5 Å². The molecule has 0 fully saturated rings. The van der Waals surface area contributed by atoms with Crippen molar-refractivity contribution in [1.82, 2.24) is 10.3 Å². The molecule has 0 saturated carbocycles. The van der Waals surface area contributed by atoms with Crippen molar-refractivity contribution in [1.29, 1.82) is 0 Å². The van der Waals surface area contributed by atoms with Crippen molar-refractivity contribution >= 4 is 23.0 Å². The average Bonchev–Trinajstić information content (AvgIpc) is 2.69. The third-order valence-electron chi connectivity index (χ3n) is 4.55. The molecule has 0 aliphatic heterocycles. The molecule has 0 bridgehead atoms. The summed E-state index contributed by atoms with van der Waals surface area (Å²) < 4.78 is 0. The second kappa shape index (κ2) is 7.87. The number of aromatic nitrogens is 1. The van der Waals surface area contributed by atoms with Crippen LogP contribution in [0.15, 0.2) is 58.4 Å². The van der Waals surface area contributed by atoms with Gasteiger partial charge in [0.2, 0.25) is 0 Å². The first-order valence-electron chi connectivity index (χ1n) is 9.31. The second-order valence-corrected chi connectivity index (χ2v) is 8.06. The van der Waals surface area contributed by atoms with Crippen molar-refractivity contribution in [3.8, 4) is 0 Å². The number of pyridine rings is 1. The summed E-state index contributed by atoms with van der Waals surface area (Å²) in [5, 5.41) is 8.91. The Balaban J connectivity index is 1.83. The van der Waals surface area contributed by atoms with Gasteiger partial charge in [0.15, 0.2) is 0 Å². The lowest BCUT2D eigenvalue weighted by Crippen LogP contribution is -2.51. The van der Waals surface area contributed by atoms with Gasteiger partial charge < -0.3 is 16.0 Å². The van der Waals surface area contributed by atoms with Crippen LogP contribution in [0, 0.1) is 12.3 Å². The van der Waals surface area contributed by atoms with E-state index in [4.69, 9.17) is 0 Å². The maximum Gasteiger partial charge on any atom is 0.253 e. The number of carbonyl (C=O) groups is 1. The van der Waals surface area contributed by atoms with Gasteiger partial charge in [0.25, 0.3) is 16.8 Å². The lowest BCUT2D eigenvalue weighted by molar-refractivity contribution is 0.0913. The Kier molecular flexibility index (Phi) is 5.50. The summed E-state index contributed by atoms with van der Waals surface area (Å²) in [6, 6.07) is 10.7. The molecule has 7 heteroatoms. The van der Waals surface area contributed by atoms with Crippen molar-refractivity contribution in [2.45, 2.75) is 33.9 Å². The van der Waals surface area contributed by atoms with E-state index in [0.29, 0.717) is 11.3 Å². The van der Waals surface area contributed by atoms with Crippen molar-refractivity contribution < 1.29 is 4.79 Å². The van der Waals surface area contributed by atoms with Gasteiger partial charge in [-0.25, -0.2) is 0 Å². The van der Waals surface area contributed by atoms with E-state index in [-0.39, 0.29) is 17.3 Å². The van der Waals surface area contributed by atoms with E-state index < -0.39 is 22.4 Å². The highest BCUT2D eigenvalue weighted by Gasteiger charge is 2.31. The number of hydrogen-bond acceptors (Lipinski definition) is 6. The van der Waals surface area contributed by atoms with Crippen LogP contribution in [-0.4, -0.2) is 17.1 Å².